The lowest BCUT2D eigenvalue weighted by Gasteiger charge is -2.11. The first-order chi connectivity index (χ1) is 9.60. The van der Waals surface area contributed by atoms with Crippen molar-refractivity contribution in [1.29, 1.82) is 0 Å². The van der Waals surface area contributed by atoms with Crippen molar-refractivity contribution >= 4 is 28.6 Å². The van der Waals surface area contributed by atoms with Gasteiger partial charge in [0.1, 0.15) is 0 Å². The molecule has 0 unspecified atom stereocenters. The number of benzene rings is 1. The molecule has 1 aromatic carbocycles. The number of fused-ring (bicyclic) bond motifs is 1. The Morgan fingerprint density at radius 1 is 1.40 bits per heavy atom. The van der Waals surface area contributed by atoms with Crippen molar-refractivity contribution in [2.75, 3.05) is 5.75 Å². The molecule has 2 rings (SSSR count). The quantitative estimate of drug-likeness (QED) is 0.856. The summed E-state index contributed by atoms with van der Waals surface area (Å²) in [5.41, 5.74) is 2.18. The third-order valence-corrected chi connectivity index (χ3v) is 4.18. The molecule has 0 fully saturated rings. The number of para-hydroxylation sites is 1. The molecule has 0 radical (unpaired) electrons. The summed E-state index contributed by atoms with van der Waals surface area (Å²) in [6.45, 7) is 6.15. The predicted octanol–water partition coefficient (Wildman–Crippen LogP) is 3.55. The van der Waals surface area contributed by atoms with Crippen molar-refractivity contribution in [2.24, 2.45) is 0 Å². The third-order valence-electron chi connectivity index (χ3n) is 3.27. The molecule has 106 valence electrons. The number of carbonyl (C=O) groups excluding carboxylic acids is 1. The van der Waals surface area contributed by atoms with Crippen molar-refractivity contribution in [1.82, 2.24) is 10.3 Å². The maximum absolute atomic E-state index is 11.8. The van der Waals surface area contributed by atoms with Gasteiger partial charge in [-0.05, 0) is 38.0 Å². The molecule has 0 spiro atoms. The van der Waals surface area contributed by atoms with Gasteiger partial charge in [0.2, 0.25) is 5.91 Å². The van der Waals surface area contributed by atoms with Gasteiger partial charge in [-0.25, -0.2) is 4.98 Å². The maximum atomic E-state index is 11.8. The average molecular weight is 288 g/mol. The number of thioether (sulfide) groups is 1. The SMILES string of the molecule is CC[C@@H](C)NC(=O)CSc1cc(C)c2ccccc2n1. The van der Waals surface area contributed by atoms with E-state index in [4.69, 9.17) is 0 Å². The molecule has 0 aliphatic rings. The molecule has 3 nitrogen and oxygen atoms in total. The van der Waals surface area contributed by atoms with Crippen LogP contribution in [0.25, 0.3) is 10.9 Å². The number of carbonyl (C=O) groups is 1. The second-order valence-corrected chi connectivity index (χ2v) is 5.96. The number of amides is 1. The zero-order valence-electron chi connectivity index (χ0n) is 12.1. The molecule has 0 bridgehead atoms. The first-order valence-electron chi connectivity index (χ1n) is 6.88. The largest absolute Gasteiger partial charge is 0.353 e. The van der Waals surface area contributed by atoms with Crippen LogP contribution in [0.15, 0.2) is 35.4 Å². The van der Waals surface area contributed by atoms with E-state index in [1.54, 1.807) is 0 Å². The molecule has 1 N–H and O–H groups in total. The Balaban J connectivity index is 2.05. The number of aryl methyl sites for hydroxylation is 1. The molecule has 20 heavy (non-hydrogen) atoms. The minimum absolute atomic E-state index is 0.0666. The number of pyridine rings is 1. The van der Waals surface area contributed by atoms with Gasteiger partial charge in [-0.2, -0.15) is 0 Å². The number of rotatable bonds is 5. The highest BCUT2D eigenvalue weighted by molar-refractivity contribution is 7.99. The van der Waals surface area contributed by atoms with E-state index in [1.807, 2.05) is 31.2 Å². The van der Waals surface area contributed by atoms with Gasteiger partial charge in [0, 0.05) is 11.4 Å². The fourth-order valence-electron chi connectivity index (χ4n) is 1.95. The Bertz CT molecular complexity index is 612. The highest BCUT2D eigenvalue weighted by atomic mass is 32.2. The van der Waals surface area contributed by atoms with Gasteiger partial charge < -0.3 is 5.32 Å². The lowest BCUT2D eigenvalue weighted by Crippen LogP contribution is -2.33. The standard InChI is InChI=1S/C16H20N2OS/c1-4-12(3)17-15(19)10-20-16-9-11(2)13-7-5-6-8-14(13)18-16/h5-9,12H,4,10H2,1-3H3,(H,17,19)/t12-/m1/s1. The molecule has 4 heteroatoms. The highest BCUT2D eigenvalue weighted by Crippen LogP contribution is 2.23. The van der Waals surface area contributed by atoms with Gasteiger partial charge in [-0.1, -0.05) is 36.9 Å². The van der Waals surface area contributed by atoms with E-state index < -0.39 is 0 Å². The zero-order valence-corrected chi connectivity index (χ0v) is 13.0. The summed E-state index contributed by atoms with van der Waals surface area (Å²) in [4.78, 5) is 16.4. The summed E-state index contributed by atoms with van der Waals surface area (Å²) in [7, 11) is 0. The Morgan fingerprint density at radius 3 is 2.90 bits per heavy atom. The molecular formula is C16H20N2OS. The number of hydrogen-bond donors (Lipinski definition) is 1. The van der Waals surface area contributed by atoms with Crippen molar-refractivity contribution in [3.8, 4) is 0 Å². The Labute approximate surface area is 124 Å². The molecule has 0 aliphatic heterocycles. The van der Waals surface area contributed by atoms with Crippen LogP contribution < -0.4 is 5.32 Å². The normalized spacial score (nSPS) is 12.3. The van der Waals surface area contributed by atoms with Crippen LogP contribution in [0, 0.1) is 6.92 Å². The first kappa shape index (κ1) is 14.9. The second kappa shape index (κ2) is 6.75. The van der Waals surface area contributed by atoms with Crippen LogP contribution in [-0.2, 0) is 4.79 Å². The maximum Gasteiger partial charge on any atom is 0.230 e. The van der Waals surface area contributed by atoms with E-state index >= 15 is 0 Å². The number of aromatic nitrogens is 1. The van der Waals surface area contributed by atoms with Gasteiger partial charge in [0.05, 0.1) is 16.3 Å². The molecule has 1 aromatic heterocycles. The van der Waals surface area contributed by atoms with Gasteiger partial charge >= 0.3 is 0 Å². The van der Waals surface area contributed by atoms with Gasteiger partial charge in [0.25, 0.3) is 0 Å². The summed E-state index contributed by atoms with van der Waals surface area (Å²) in [6, 6.07) is 10.4. The topological polar surface area (TPSA) is 42.0 Å². The van der Waals surface area contributed by atoms with Crippen LogP contribution in [0.1, 0.15) is 25.8 Å². The molecule has 0 saturated heterocycles. The van der Waals surface area contributed by atoms with E-state index in [0.29, 0.717) is 5.75 Å². The zero-order chi connectivity index (χ0) is 14.5. The molecule has 0 aliphatic carbocycles. The van der Waals surface area contributed by atoms with Crippen molar-refractivity contribution < 1.29 is 4.79 Å². The van der Waals surface area contributed by atoms with Crippen LogP contribution in [0.4, 0.5) is 0 Å². The Hall–Kier alpha value is -1.55. The van der Waals surface area contributed by atoms with Crippen molar-refractivity contribution in [3.63, 3.8) is 0 Å². The fourth-order valence-corrected chi connectivity index (χ4v) is 2.74. The van der Waals surface area contributed by atoms with Crippen LogP contribution in [-0.4, -0.2) is 22.7 Å². The molecule has 2 aromatic rings. The fraction of sp³-hybridized carbons (Fsp3) is 0.375. The summed E-state index contributed by atoms with van der Waals surface area (Å²) in [5.74, 6) is 0.478. The molecule has 1 atom stereocenters. The first-order valence-corrected chi connectivity index (χ1v) is 7.87. The van der Waals surface area contributed by atoms with Crippen molar-refractivity contribution in [3.05, 3.63) is 35.9 Å². The lowest BCUT2D eigenvalue weighted by atomic mass is 10.1. The Kier molecular flexibility index (Phi) is 5.01. The van der Waals surface area contributed by atoms with Gasteiger partial charge in [-0.15, -0.1) is 0 Å². The highest BCUT2D eigenvalue weighted by Gasteiger charge is 2.08. The van der Waals surface area contributed by atoms with E-state index in [1.165, 1.54) is 22.7 Å². The lowest BCUT2D eigenvalue weighted by molar-refractivity contribution is -0.119. The third kappa shape index (κ3) is 3.73. The van der Waals surface area contributed by atoms with E-state index in [-0.39, 0.29) is 11.9 Å². The average Bonchev–Trinajstić information content (AvgIpc) is 2.45. The van der Waals surface area contributed by atoms with E-state index in [2.05, 4.69) is 30.2 Å². The van der Waals surface area contributed by atoms with Gasteiger partial charge in [0.15, 0.2) is 0 Å². The van der Waals surface area contributed by atoms with E-state index in [0.717, 1.165) is 17.0 Å². The molecule has 0 saturated carbocycles. The summed E-state index contributed by atoms with van der Waals surface area (Å²) in [6.07, 6.45) is 0.948. The smallest absolute Gasteiger partial charge is 0.230 e. The summed E-state index contributed by atoms with van der Waals surface area (Å²) >= 11 is 1.49. The number of nitrogens with one attached hydrogen (secondary N) is 1. The van der Waals surface area contributed by atoms with Crippen LogP contribution in [0.5, 0.6) is 0 Å². The molecular weight excluding hydrogens is 268 g/mol. The molecule has 1 heterocycles. The predicted molar refractivity (Wildman–Crippen MR) is 85.1 cm³/mol. The van der Waals surface area contributed by atoms with E-state index in [9.17, 15) is 4.79 Å². The number of hydrogen-bond acceptors (Lipinski definition) is 3. The summed E-state index contributed by atoms with van der Waals surface area (Å²) < 4.78 is 0. The molecule has 1 amide bonds. The van der Waals surface area contributed by atoms with Crippen LogP contribution >= 0.6 is 11.8 Å². The van der Waals surface area contributed by atoms with Crippen LogP contribution in [0.3, 0.4) is 0 Å². The monoisotopic (exact) mass is 288 g/mol. The Morgan fingerprint density at radius 2 is 2.15 bits per heavy atom. The van der Waals surface area contributed by atoms with Crippen molar-refractivity contribution in [2.45, 2.75) is 38.3 Å². The minimum atomic E-state index is 0.0666. The number of nitrogens with zero attached hydrogens (tertiary/aromatic N) is 1. The van der Waals surface area contributed by atoms with Crippen LogP contribution in [0.2, 0.25) is 0 Å². The minimum Gasteiger partial charge on any atom is -0.353 e. The second-order valence-electron chi connectivity index (χ2n) is 4.96. The van der Waals surface area contributed by atoms with Gasteiger partial charge in [-0.3, -0.25) is 4.79 Å². The summed E-state index contributed by atoms with van der Waals surface area (Å²) in [5, 5.41) is 5.03.